The third-order valence-electron chi connectivity index (χ3n) is 7.89. The summed E-state index contributed by atoms with van der Waals surface area (Å²) < 4.78 is 11.3. The summed E-state index contributed by atoms with van der Waals surface area (Å²) in [6.07, 6.45) is 6.59. The third-order valence-corrected chi connectivity index (χ3v) is 7.89. The molecule has 0 heterocycles. The summed E-state index contributed by atoms with van der Waals surface area (Å²) in [7, 11) is 3.41. The lowest BCUT2D eigenvalue weighted by molar-refractivity contribution is -0.166. The highest BCUT2D eigenvalue weighted by Gasteiger charge is 2.57. The summed E-state index contributed by atoms with van der Waals surface area (Å²) in [5.41, 5.74) is 2.16. The second kappa shape index (κ2) is 6.99. The Bertz CT molecular complexity index is 691. The van der Waals surface area contributed by atoms with Gasteiger partial charge in [-0.3, -0.25) is 0 Å². The first-order valence-corrected chi connectivity index (χ1v) is 10.5. The van der Waals surface area contributed by atoms with Crippen molar-refractivity contribution in [2.75, 3.05) is 14.2 Å². The fourth-order valence-corrected chi connectivity index (χ4v) is 6.65. The molecule has 2 fully saturated rings. The van der Waals surface area contributed by atoms with E-state index >= 15 is 0 Å². The summed E-state index contributed by atoms with van der Waals surface area (Å²) in [5, 5.41) is 11.5. The van der Waals surface area contributed by atoms with E-state index < -0.39 is 5.60 Å². The second-order valence-corrected chi connectivity index (χ2v) is 10.2. The molecule has 152 valence electrons. The van der Waals surface area contributed by atoms with Crippen LogP contribution in [0, 0.1) is 29.6 Å². The Hall–Kier alpha value is -1.22. The van der Waals surface area contributed by atoms with Gasteiger partial charge in [-0.25, -0.2) is 0 Å². The Morgan fingerprint density at radius 2 is 1.74 bits per heavy atom. The van der Waals surface area contributed by atoms with E-state index in [1.807, 2.05) is 6.07 Å². The summed E-state index contributed by atoms with van der Waals surface area (Å²) in [6.45, 7) is 11.5. The van der Waals surface area contributed by atoms with Crippen molar-refractivity contribution in [3.05, 3.63) is 23.3 Å². The van der Waals surface area contributed by atoms with Gasteiger partial charge in [-0.05, 0) is 85.8 Å². The van der Waals surface area contributed by atoms with Gasteiger partial charge in [0.2, 0.25) is 0 Å². The SMILES string of the molecule is COc1cc(C)cc(C[C@@H]2[C@@]3(C)CCCC(C)(C)[C@@H]3CC[C@@]2(C)O)c1OC. The molecule has 1 aromatic carbocycles. The summed E-state index contributed by atoms with van der Waals surface area (Å²) in [5.74, 6) is 2.47. The first-order chi connectivity index (χ1) is 12.5. The molecular weight excluding hydrogens is 336 g/mol. The Balaban J connectivity index is 2.05. The summed E-state index contributed by atoms with van der Waals surface area (Å²) >= 11 is 0. The van der Waals surface area contributed by atoms with E-state index in [0.717, 1.165) is 36.3 Å². The zero-order valence-electron chi connectivity index (χ0n) is 18.3. The molecule has 1 aromatic rings. The lowest BCUT2D eigenvalue weighted by Crippen LogP contribution is -2.58. The van der Waals surface area contributed by atoms with Gasteiger partial charge in [0, 0.05) is 0 Å². The lowest BCUT2D eigenvalue weighted by atomic mass is 9.45. The minimum Gasteiger partial charge on any atom is -0.493 e. The van der Waals surface area contributed by atoms with Gasteiger partial charge in [-0.1, -0.05) is 33.3 Å². The van der Waals surface area contributed by atoms with Crippen molar-refractivity contribution in [1.82, 2.24) is 0 Å². The van der Waals surface area contributed by atoms with Crippen LogP contribution < -0.4 is 9.47 Å². The van der Waals surface area contributed by atoms with Gasteiger partial charge in [0.1, 0.15) is 0 Å². The highest BCUT2D eigenvalue weighted by Crippen LogP contribution is 2.62. The zero-order chi connectivity index (χ0) is 20.0. The minimum atomic E-state index is -0.652. The predicted molar refractivity (Wildman–Crippen MR) is 111 cm³/mol. The Labute approximate surface area is 165 Å². The molecule has 3 heteroatoms. The minimum absolute atomic E-state index is 0.144. The van der Waals surface area contributed by atoms with Crippen molar-refractivity contribution in [2.45, 2.75) is 78.7 Å². The molecule has 0 spiro atoms. The maximum Gasteiger partial charge on any atom is 0.163 e. The maximum atomic E-state index is 11.5. The monoisotopic (exact) mass is 374 g/mol. The van der Waals surface area contributed by atoms with Gasteiger partial charge in [-0.15, -0.1) is 0 Å². The topological polar surface area (TPSA) is 38.7 Å². The molecular formula is C24H38O3. The molecule has 4 atom stereocenters. The molecule has 0 aliphatic heterocycles. The molecule has 0 amide bonds. The van der Waals surface area contributed by atoms with Crippen LogP contribution in [0.3, 0.4) is 0 Å². The molecule has 0 bridgehead atoms. The molecule has 0 saturated heterocycles. The van der Waals surface area contributed by atoms with E-state index in [4.69, 9.17) is 9.47 Å². The van der Waals surface area contributed by atoms with Crippen LogP contribution in [-0.2, 0) is 6.42 Å². The number of hydrogen-bond acceptors (Lipinski definition) is 3. The molecule has 3 rings (SSSR count). The highest BCUT2D eigenvalue weighted by atomic mass is 16.5. The molecule has 27 heavy (non-hydrogen) atoms. The van der Waals surface area contributed by atoms with Crippen LogP contribution >= 0.6 is 0 Å². The predicted octanol–water partition coefficient (Wildman–Crippen LogP) is 5.55. The molecule has 1 N–H and O–H groups in total. The van der Waals surface area contributed by atoms with Gasteiger partial charge in [0.15, 0.2) is 11.5 Å². The van der Waals surface area contributed by atoms with Gasteiger partial charge >= 0.3 is 0 Å². The van der Waals surface area contributed by atoms with Crippen LogP contribution in [0.5, 0.6) is 11.5 Å². The largest absolute Gasteiger partial charge is 0.493 e. The van der Waals surface area contributed by atoms with E-state index in [9.17, 15) is 5.11 Å². The smallest absolute Gasteiger partial charge is 0.163 e. The van der Waals surface area contributed by atoms with Crippen molar-refractivity contribution < 1.29 is 14.6 Å². The summed E-state index contributed by atoms with van der Waals surface area (Å²) in [4.78, 5) is 0. The quantitative estimate of drug-likeness (QED) is 0.751. The van der Waals surface area contributed by atoms with E-state index in [2.05, 4.69) is 40.7 Å². The van der Waals surface area contributed by atoms with Crippen LogP contribution in [0.25, 0.3) is 0 Å². The molecule has 3 nitrogen and oxygen atoms in total. The lowest BCUT2D eigenvalue weighted by Gasteiger charge is -2.61. The molecule has 2 aliphatic carbocycles. The fourth-order valence-electron chi connectivity index (χ4n) is 6.65. The molecule has 0 radical (unpaired) electrons. The Morgan fingerprint density at radius 1 is 1.04 bits per heavy atom. The molecule has 0 aromatic heterocycles. The first kappa shape index (κ1) is 20.5. The molecule has 0 unspecified atom stereocenters. The van der Waals surface area contributed by atoms with Crippen molar-refractivity contribution in [1.29, 1.82) is 0 Å². The Kier molecular flexibility index (Phi) is 5.31. The van der Waals surface area contributed by atoms with Gasteiger partial charge < -0.3 is 14.6 Å². The van der Waals surface area contributed by atoms with Crippen molar-refractivity contribution in [3.8, 4) is 11.5 Å². The number of rotatable bonds is 4. The van der Waals surface area contributed by atoms with Gasteiger partial charge in [0.25, 0.3) is 0 Å². The van der Waals surface area contributed by atoms with E-state index in [-0.39, 0.29) is 11.3 Å². The number of fused-ring (bicyclic) bond motifs is 1. The highest BCUT2D eigenvalue weighted by molar-refractivity contribution is 5.49. The van der Waals surface area contributed by atoms with E-state index in [1.165, 1.54) is 24.8 Å². The average molecular weight is 375 g/mol. The summed E-state index contributed by atoms with van der Waals surface area (Å²) in [6, 6.07) is 4.23. The number of hydrogen-bond donors (Lipinski definition) is 1. The van der Waals surface area contributed by atoms with Crippen molar-refractivity contribution in [3.63, 3.8) is 0 Å². The van der Waals surface area contributed by atoms with Crippen molar-refractivity contribution in [2.24, 2.45) is 22.7 Å². The number of aryl methyl sites for hydroxylation is 1. The maximum absolute atomic E-state index is 11.5. The van der Waals surface area contributed by atoms with Gasteiger partial charge in [-0.2, -0.15) is 0 Å². The number of methoxy groups -OCH3 is 2. The third kappa shape index (κ3) is 3.48. The zero-order valence-corrected chi connectivity index (χ0v) is 18.3. The van der Waals surface area contributed by atoms with Crippen LogP contribution in [0.15, 0.2) is 12.1 Å². The van der Waals surface area contributed by atoms with Crippen LogP contribution in [0.1, 0.15) is 70.9 Å². The fraction of sp³-hybridized carbons (Fsp3) is 0.750. The molecule has 2 aliphatic rings. The number of aliphatic hydroxyl groups is 1. The first-order valence-electron chi connectivity index (χ1n) is 10.5. The standard InChI is InChI=1S/C24H38O3/c1-16-13-17(21(27-7)18(14-16)26-6)15-20-23(4)11-8-10-22(2,3)19(23)9-12-24(20,5)25/h13-14,19-20,25H,8-12,15H2,1-7H3/t19-,20+,23-,24+/m0/s1. The van der Waals surface area contributed by atoms with E-state index in [0.29, 0.717) is 11.3 Å². The normalized spacial score (nSPS) is 35.4. The number of ether oxygens (including phenoxy) is 2. The van der Waals surface area contributed by atoms with Gasteiger partial charge in [0.05, 0.1) is 19.8 Å². The second-order valence-electron chi connectivity index (χ2n) is 10.2. The Morgan fingerprint density at radius 3 is 2.37 bits per heavy atom. The van der Waals surface area contributed by atoms with Crippen LogP contribution in [-0.4, -0.2) is 24.9 Å². The number of benzene rings is 1. The van der Waals surface area contributed by atoms with E-state index in [1.54, 1.807) is 14.2 Å². The van der Waals surface area contributed by atoms with Crippen LogP contribution in [0.2, 0.25) is 0 Å². The van der Waals surface area contributed by atoms with Crippen molar-refractivity contribution >= 4 is 0 Å². The average Bonchev–Trinajstić information content (AvgIpc) is 2.56. The molecule has 2 saturated carbocycles. The van der Waals surface area contributed by atoms with Crippen LogP contribution in [0.4, 0.5) is 0 Å².